The quantitative estimate of drug-likeness (QED) is 0.845. The number of hydrogen-bond donors (Lipinski definition) is 1. The molecule has 0 aliphatic heterocycles. The molecule has 2 unspecified atom stereocenters. The lowest BCUT2D eigenvalue weighted by Crippen LogP contribution is -2.39. The highest BCUT2D eigenvalue weighted by Crippen LogP contribution is 2.30. The average Bonchev–Trinajstić information content (AvgIpc) is 2.36. The summed E-state index contributed by atoms with van der Waals surface area (Å²) in [6.45, 7) is 8.04. The summed E-state index contributed by atoms with van der Waals surface area (Å²) in [5, 5.41) is 0. The van der Waals surface area contributed by atoms with Crippen LogP contribution in [0.15, 0.2) is 18.5 Å². The smallest absolute Gasteiger partial charge is 0.138 e. The maximum Gasteiger partial charge on any atom is 0.138 e. The molecule has 4 heteroatoms. The van der Waals surface area contributed by atoms with Gasteiger partial charge in [0.15, 0.2) is 0 Å². The molecule has 0 saturated heterocycles. The number of aromatic nitrogens is 1. The van der Waals surface area contributed by atoms with E-state index in [1.165, 1.54) is 0 Å². The van der Waals surface area contributed by atoms with Crippen LogP contribution >= 0.6 is 0 Å². The molecule has 102 valence electrons. The molecule has 0 bridgehead atoms. The van der Waals surface area contributed by atoms with Crippen molar-refractivity contribution in [2.24, 2.45) is 5.73 Å². The first-order chi connectivity index (χ1) is 8.42. The minimum Gasteiger partial charge on any atom is -0.489 e. The first-order valence-electron chi connectivity index (χ1n) is 6.35. The van der Waals surface area contributed by atoms with Crippen molar-refractivity contribution in [2.45, 2.75) is 51.9 Å². The number of pyridine rings is 1. The lowest BCUT2D eigenvalue weighted by molar-refractivity contribution is -0.0195. The van der Waals surface area contributed by atoms with Crippen molar-refractivity contribution < 1.29 is 9.47 Å². The van der Waals surface area contributed by atoms with Crippen molar-refractivity contribution in [1.82, 2.24) is 4.98 Å². The van der Waals surface area contributed by atoms with Crippen molar-refractivity contribution in [1.29, 1.82) is 0 Å². The zero-order chi connectivity index (χ0) is 13.8. The summed E-state index contributed by atoms with van der Waals surface area (Å²) in [6, 6.07) is 1.71. The normalized spacial score (nSPS) is 16.4. The van der Waals surface area contributed by atoms with Crippen LogP contribution in [0.3, 0.4) is 0 Å². The predicted molar refractivity (Wildman–Crippen MR) is 72.6 cm³/mol. The zero-order valence-corrected chi connectivity index (χ0v) is 11.9. The molecule has 0 fully saturated rings. The summed E-state index contributed by atoms with van der Waals surface area (Å²) in [6.07, 6.45) is 4.43. The Bertz CT molecular complexity index is 376. The molecule has 0 spiro atoms. The fourth-order valence-electron chi connectivity index (χ4n) is 1.79. The van der Waals surface area contributed by atoms with E-state index in [9.17, 15) is 0 Å². The van der Waals surface area contributed by atoms with Gasteiger partial charge in [0.25, 0.3) is 0 Å². The number of rotatable bonds is 6. The topological polar surface area (TPSA) is 57.4 Å². The monoisotopic (exact) mass is 252 g/mol. The molecule has 0 radical (unpaired) electrons. The minimum absolute atomic E-state index is 0.123. The molecule has 2 atom stereocenters. The average molecular weight is 252 g/mol. The van der Waals surface area contributed by atoms with E-state index in [-0.39, 0.29) is 12.1 Å². The third-order valence-corrected chi connectivity index (χ3v) is 3.29. The first kappa shape index (κ1) is 14.9. The molecule has 1 rings (SSSR count). The number of ether oxygens (including phenoxy) is 2. The molecule has 0 amide bonds. The summed E-state index contributed by atoms with van der Waals surface area (Å²) < 4.78 is 11.2. The molecule has 0 saturated carbocycles. The van der Waals surface area contributed by atoms with Crippen LogP contribution in [-0.2, 0) is 4.74 Å². The Labute approximate surface area is 110 Å². The number of hydrogen-bond acceptors (Lipinski definition) is 4. The largest absolute Gasteiger partial charge is 0.489 e. The van der Waals surface area contributed by atoms with E-state index in [1.54, 1.807) is 19.5 Å². The third kappa shape index (κ3) is 3.43. The lowest BCUT2D eigenvalue weighted by Gasteiger charge is -2.33. The Morgan fingerprint density at radius 2 is 2.06 bits per heavy atom. The molecule has 0 aliphatic rings. The molecule has 18 heavy (non-hydrogen) atoms. The Morgan fingerprint density at radius 1 is 1.39 bits per heavy atom. The van der Waals surface area contributed by atoms with Crippen molar-refractivity contribution in [3.05, 3.63) is 24.0 Å². The van der Waals surface area contributed by atoms with Gasteiger partial charge in [-0.3, -0.25) is 4.98 Å². The van der Waals surface area contributed by atoms with E-state index in [2.05, 4.69) is 11.9 Å². The van der Waals surface area contributed by atoms with Gasteiger partial charge in [-0.25, -0.2) is 0 Å². The van der Waals surface area contributed by atoms with Crippen LogP contribution in [0.5, 0.6) is 5.75 Å². The summed E-state index contributed by atoms with van der Waals surface area (Å²) in [5.74, 6) is 0.743. The molecular weight excluding hydrogens is 228 g/mol. The van der Waals surface area contributed by atoms with Crippen LogP contribution in [0.2, 0.25) is 0 Å². The Balaban J connectivity index is 2.95. The van der Waals surface area contributed by atoms with Gasteiger partial charge in [0.1, 0.15) is 5.75 Å². The van der Waals surface area contributed by atoms with Gasteiger partial charge in [-0.2, -0.15) is 0 Å². The van der Waals surface area contributed by atoms with Crippen LogP contribution in [0.1, 0.15) is 45.7 Å². The lowest BCUT2D eigenvalue weighted by atomic mass is 9.89. The standard InChI is InChI=1S/C14H24N2O2/c1-6-14(4,17-5)13(15)11-7-12(9-16-8-11)18-10(2)3/h7-10,13H,6,15H2,1-5H3. The number of nitrogens with two attached hydrogens (primary N) is 1. The summed E-state index contributed by atoms with van der Waals surface area (Å²) in [7, 11) is 1.69. The Morgan fingerprint density at radius 3 is 2.56 bits per heavy atom. The number of nitrogens with zero attached hydrogens (tertiary/aromatic N) is 1. The maximum atomic E-state index is 6.27. The van der Waals surface area contributed by atoms with Crippen LogP contribution in [-0.4, -0.2) is 23.8 Å². The Hall–Kier alpha value is -1.13. The highest BCUT2D eigenvalue weighted by Gasteiger charge is 2.31. The summed E-state index contributed by atoms with van der Waals surface area (Å²) in [4.78, 5) is 4.18. The van der Waals surface area contributed by atoms with Gasteiger partial charge in [-0.1, -0.05) is 6.92 Å². The van der Waals surface area contributed by atoms with Crippen molar-refractivity contribution in [3.63, 3.8) is 0 Å². The van der Waals surface area contributed by atoms with Gasteiger partial charge >= 0.3 is 0 Å². The van der Waals surface area contributed by atoms with Crippen LogP contribution < -0.4 is 10.5 Å². The highest BCUT2D eigenvalue weighted by molar-refractivity contribution is 5.27. The van der Waals surface area contributed by atoms with Gasteiger partial charge in [-0.05, 0) is 38.8 Å². The van der Waals surface area contributed by atoms with Crippen LogP contribution in [0.4, 0.5) is 0 Å². The molecule has 2 N–H and O–H groups in total. The molecule has 1 aromatic heterocycles. The van der Waals surface area contributed by atoms with Crippen LogP contribution in [0, 0.1) is 0 Å². The van der Waals surface area contributed by atoms with E-state index in [1.807, 2.05) is 26.8 Å². The predicted octanol–water partition coefficient (Wildman–Crippen LogP) is 2.68. The van der Waals surface area contributed by atoms with Gasteiger partial charge in [0.05, 0.1) is 23.9 Å². The van der Waals surface area contributed by atoms with Gasteiger partial charge in [-0.15, -0.1) is 0 Å². The van der Waals surface area contributed by atoms with Crippen molar-refractivity contribution >= 4 is 0 Å². The maximum absolute atomic E-state index is 6.27. The van der Waals surface area contributed by atoms with Gasteiger partial charge in [0.2, 0.25) is 0 Å². The van der Waals surface area contributed by atoms with E-state index in [0.29, 0.717) is 0 Å². The van der Waals surface area contributed by atoms with Crippen molar-refractivity contribution in [2.75, 3.05) is 7.11 Å². The second-order valence-corrected chi connectivity index (χ2v) is 4.97. The fourth-order valence-corrected chi connectivity index (χ4v) is 1.79. The highest BCUT2D eigenvalue weighted by atomic mass is 16.5. The van der Waals surface area contributed by atoms with E-state index in [0.717, 1.165) is 17.7 Å². The van der Waals surface area contributed by atoms with Crippen molar-refractivity contribution in [3.8, 4) is 5.75 Å². The summed E-state index contributed by atoms with van der Waals surface area (Å²) >= 11 is 0. The zero-order valence-electron chi connectivity index (χ0n) is 11.9. The molecular formula is C14H24N2O2. The molecule has 1 heterocycles. The SMILES string of the molecule is CCC(C)(OC)C(N)c1cncc(OC(C)C)c1. The second-order valence-electron chi connectivity index (χ2n) is 4.97. The van der Waals surface area contributed by atoms with E-state index >= 15 is 0 Å². The molecule has 4 nitrogen and oxygen atoms in total. The summed E-state index contributed by atoms with van der Waals surface area (Å²) in [5.41, 5.74) is 6.81. The van der Waals surface area contributed by atoms with Crippen LogP contribution in [0.25, 0.3) is 0 Å². The molecule has 0 aromatic carbocycles. The molecule has 1 aromatic rings. The van der Waals surface area contributed by atoms with E-state index < -0.39 is 5.60 Å². The fraction of sp³-hybridized carbons (Fsp3) is 0.643. The minimum atomic E-state index is -0.391. The second kappa shape index (κ2) is 6.16. The third-order valence-electron chi connectivity index (χ3n) is 3.29. The van der Waals surface area contributed by atoms with E-state index in [4.69, 9.17) is 15.2 Å². The Kier molecular flexibility index (Phi) is 5.11. The van der Waals surface area contributed by atoms with Gasteiger partial charge < -0.3 is 15.2 Å². The van der Waals surface area contributed by atoms with Gasteiger partial charge in [0, 0.05) is 13.3 Å². The molecule has 0 aliphatic carbocycles. The first-order valence-corrected chi connectivity index (χ1v) is 6.35. The number of methoxy groups -OCH3 is 1.